The van der Waals surface area contributed by atoms with Crippen LogP contribution in [0, 0.1) is 5.92 Å². The van der Waals surface area contributed by atoms with Crippen LogP contribution in [-0.2, 0) is 13.9 Å². The molecule has 0 aromatic rings. The van der Waals surface area contributed by atoms with Crippen LogP contribution in [0.25, 0.3) is 0 Å². The first kappa shape index (κ1) is 21.8. The topological polar surface area (TPSA) is 47.9 Å². The van der Waals surface area contributed by atoms with Gasteiger partial charge < -0.3 is 19.0 Å². The van der Waals surface area contributed by atoms with E-state index in [1.807, 2.05) is 6.92 Å². The van der Waals surface area contributed by atoms with Gasteiger partial charge in [-0.15, -0.1) is 0 Å². The van der Waals surface area contributed by atoms with Gasteiger partial charge in [-0.2, -0.15) is 0 Å². The smallest absolute Gasteiger partial charge is 0.192 e. The Morgan fingerprint density at radius 1 is 1.33 bits per heavy atom. The van der Waals surface area contributed by atoms with Crippen LogP contribution in [0.4, 0.5) is 0 Å². The van der Waals surface area contributed by atoms with E-state index in [2.05, 4.69) is 46.9 Å². The highest BCUT2D eigenvalue weighted by molar-refractivity contribution is 6.74. The zero-order valence-corrected chi connectivity index (χ0v) is 17.9. The highest BCUT2D eigenvalue weighted by atomic mass is 28.4. The maximum absolute atomic E-state index is 9.89. The molecular weight excluding hydrogens is 320 g/mol. The second kappa shape index (κ2) is 8.95. The van der Waals surface area contributed by atoms with Gasteiger partial charge in [0.2, 0.25) is 0 Å². The molecule has 0 saturated carbocycles. The van der Waals surface area contributed by atoms with Crippen LogP contribution < -0.4 is 0 Å². The average molecular weight is 359 g/mol. The van der Waals surface area contributed by atoms with Gasteiger partial charge in [0.1, 0.15) is 0 Å². The summed E-state index contributed by atoms with van der Waals surface area (Å²) in [5.74, 6) is 0.219. The fourth-order valence-corrected chi connectivity index (χ4v) is 3.53. The van der Waals surface area contributed by atoms with Crippen LogP contribution in [-0.4, -0.2) is 45.6 Å². The van der Waals surface area contributed by atoms with E-state index in [4.69, 9.17) is 13.9 Å². The lowest BCUT2D eigenvalue weighted by atomic mass is 9.94. The van der Waals surface area contributed by atoms with Gasteiger partial charge in [0.25, 0.3) is 0 Å². The maximum atomic E-state index is 9.89. The fraction of sp³-hybridized carbons (Fsp3) is 0.895. The number of aliphatic hydroxyl groups is 1. The van der Waals surface area contributed by atoms with Crippen molar-refractivity contribution in [3.63, 3.8) is 0 Å². The van der Waals surface area contributed by atoms with E-state index in [0.29, 0.717) is 6.61 Å². The number of rotatable bonds is 7. The average Bonchev–Trinajstić information content (AvgIpc) is 2.46. The Balaban J connectivity index is 2.55. The molecular formula is C19H38O4Si. The summed E-state index contributed by atoms with van der Waals surface area (Å²) in [4.78, 5) is 0. The minimum Gasteiger partial charge on any atom is -0.413 e. The van der Waals surface area contributed by atoms with Gasteiger partial charge in [-0.3, -0.25) is 0 Å². The Bertz CT molecular complexity index is 414. The third kappa shape index (κ3) is 6.26. The Morgan fingerprint density at radius 3 is 2.46 bits per heavy atom. The van der Waals surface area contributed by atoms with Crippen LogP contribution in [0.15, 0.2) is 11.6 Å². The van der Waals surface area contributed by atoms with Gasteiger partial charge in [-0.1, -0.05) is 33.8 Å². The van der Waals surface area contributed by atoms with E-state index >= 15 is 0 Å². The summed E-state index contributed by atoms with van der Waals surface area (Å²) in [6, 6.07) is 0. The largest absolute Gasteiger partial charge is 0.413 e. The summed E-state index contributed by atoms with van der Waals surface area (Å²) >= 11 is 0. The Hall–Kier alpha value is -0.203. The quantitative estimate of drug-likeness (QED) is 0.538. The zero-order valence-electron chi connectivity index (χ0n) is 16.9. The molecule has 0 aromatic carbocycles. The predicted octanol–water partition coefficient (Wildman–Crippen LogP) is 4.49. The second-order valence-corrected chi connectivity index (χ2v) is 13.5. The SMILES string of the molecule is CO[C@@H](C[C@@H]1CC[C@@H](C)[C@H](O)O1)/C(C)=C/CO[Si](C)(C)C(C)(C)C. The van der Waals surface area contributed by atoms with E-state index in [0.717, 1.165) is 19.3 Å². The highest BCUT2D eigenvalue weighted by Crippen LogP contribution is 2.36. The molecule has 0 unspecified atom stereocenters. The van der Waals surface area contributed by atoms with Crippen molar-refractivity contribution in [2.24, 2.45) is 5.92 Å². The molecule has 142 valence electrons. The molecule has 1 saturated heterocycles. The number of hydrogen-bond acceptors (Lipinski definition) is 4. The monoisotopic (exact) mass is 358 g/mol. The van der Waals surface area contributed by atoms with Crippen molar-refractivity contribution in [2.75, 3.05) is 13.7 Å². The Morgan fingerprint density at radius 2 is 1.96 bits per heavy atom. The maximum Gasteiger partial charge on any atom is 0.192 e. The van der Waals surface area contributed by atoms with Crippen LogP contribution in [0.3, 0.4) is 0 Å². The highest BCUT2D eigenvalue weighted by Gasteiger charge is 2.36. The molecule has 1 N–H and O–H groups in total. The van der Waals surface area contributed by atoms with Gasteiger partial charge >= 0.3 is 0 Å². The lowest BCUT2D eigenvalue weighted by Gasteiger charge is -2.36. The molecule has 1 rings (SSSR count). The number of aliphatic hydroxyl groups excluding tert-OH is 1. The lowest BCUT2D eigenvalue weighted by Crippen LogP contribution is -2.40. The third-order valence-electron chi connectivity index (χ3n) is 5.69. The van der Waals surface area contributed by atoms with E-state index in [1.54, 1.807) is 7.11 Å². The van der Waals surface area contributed by atoms with Crippen LogP contribution in [0.1, 0.15) is 53.9 Å². The molecule has 1 aliphatic rings. The molecule has 1 heterocycles. The fourth-order valence-electron chi connectivity index (χ4n) is 2.60. The second-order valence-electron chi connectivity index (χ2n) is 8.68. The molecule has 0 amide bonds. The molecule has 1 fully saturated rings. The molecule has 0 spiro atoms. The molecule has 1 aliphatic heterocycles. The first-order valence-electron chi connectivity index (χ1n) is 9.15. The van der Waals surface area contributed by atoms with Gasteiger partial charge in [-0.05, 0) is 43.5 Å². The summed E-state index contributed by atoms with van der Waals surface area (Å²) in [6.45, 7) is 16.0. The number of hydrogen-bond donors (Lipinski definition) is 1. The van der Waals surface area contributed by atoms with Crippen molar-refractivity contribution in [3.8, 4) is 0 Å². The molecule has 5 heteroatoms. The lowest BCUT2D eigenvalue weighted by molar-refractivity contribution is -0.195. The van der Waals surface area contributed by atoms with Crippen molar-refractivity contribution in [3.05, 3.63) is 11.6 Å². The summed E-state index contributed by atoms with van der Waals surface area (Å²) in [5, 5.41) is 10.1. The van der Waals surface area contributed by atoms with E-state index in [9.17, 15) is 5.11 Å². The molecule has 4 atom stereocenters. The molecule has 0 aliphatic carbocycles. The zero-order chi connectivity index (χ0) is 18.5. The minimum absolute atomic E-state index is 0.0126. The number of ether oxygens (including phenoxy) is 2. The van der Waals surface area contributed by atoms with Crippen molar-refractivity contribution in [2.45, 2.75) is 90.5 Å². The third-order valence-corrected chi connectivity index (χ3v) is 10.2. The van der Waals surface area contributed by atoms with Crippen molar-refractivity contribution < 1.29 is 19.0 Å². The normalized spacial score (nSPS) is 28.0. The predicted molar refractivity (Wildman–Crippen MR) is 102 cm³/mol. The molecule has 0 bridgehead atoms. The van der Waals surface area contributed by atoms with Crippen molar-refractivity contribution >= 4 is 8.32 Å². The van der Waals surface area contributed by atoms with E-state index < -0.39 is 14.6 Å². The van der Waals surface area contributed by atoms with Crippen molar-refractivity contribution in [1.82, 2.24) is 0 Å². The first-order chi connectivity index (χ1) is 11.0. The minimum atomic E-state index is -1.72. The molecule has 0 aromatic heterocycles. The Labute approximate surface area is 149 Å². The van der Waals surface area contributed by atoms with Gasteiger partial charge in [0.15, 0.2) is 14.6 Å². The van der Waals surface area contributed by atoms with Gasteiger partial charge in [-0.25, -0.2) is 0 Å². The summed E-state index contributed by atoms with van der Waals surface area (Å²) < 4.78 is 17.6. The summed E-state index contributed by atoms with van der Waals surface area (Å²) in [7, 11) is 0.0156. The Kier molecular flexibility index (Phi) is 8.14. The standard InChI is InChI=1S/C19H38O4Si/c1-14(11-12-22-24(7,8)19(3,4)5)17(21-6)13-16-10-9-15(2)18(20)23-16/h11,15-18,20H,9-10,12-13H2,1-8H3/b14-11+/t15-,16+,17+,18-/m1/s1. The molecule has 4 nitrogen and oxygen atoms in total. The summed E-state index contributed by atoms with van der Waals surface area (Å²) in [5.41, 5.74) is 1.17. The van der Waals surface area contributed by atoms with E-state index in [-0.39, 0.29) is 23.2 Å². The number of methoxy groups -OCH3 is 1. The van der Waals surface area contributed by atoms with Crippen LogP contribution >= 0.6 is 0 Å². The van der Waals surface area contributed by atoms with Crippen LogP contribution in [0.2, 0.25) is 18.1 Å². The first-order valence-corrected chi connectivity index (χ1v) is 12.1. The molecule has 24 heavy (non-hydrogen) atoms. The van der Waals surface area contributed by atoms with Crippen LogP contribution in [0.5, 0.6) is 0 Å². The van der Waals surface area contributed by atoms with Crippen molar-refractivity contribution in [1.29, 1.82) is 0 Å². The molecule has 0 radical (unpaired) electrons. The van der Waals surface area contributed by atoms with Gasteiger partial charge in [0, 0.05) is 19.4 Å². The summed E-state index contributed by atoms with van der Waals surface area (Å²) in [6.07, 6.45) is 4.32. The van der Waals surface area contributed by atoms with E-state index in [1.165, 1.54) is 5.57 Å². The van der Waals surface area contributed by atoms with Gasteiger partial charge in [0.05, 0.1) is 18.8 Å².